The standard InChI is InChI=1S/C13H12ClN3O.ClH/c14-10-4-1-3-9(7-10)8-18-13-11(12(15)16)5-2-6-17-13;/h1-7H,8H2,(H3,15,16);1H. The van der Waals surface area contributed by atoms with Crippen LogP contribution in [0.4, 0.5) is 0 Å². The van der Waals surface area contributed by atoms with E-state index >= 15 is 0 Å². The van der Waals surface area contributed by atoms with Gasteiger partial charge in [0.15, 0.2) is 0 Å². The zero-order valence-corrected chi connectivity index (χ0v) is 11.5. The van der Waals surface area contributed by atoms with Crippen LogP contribution in [0, 0.1) is 5.41 Å². The molecule has 1 aromatic heterocycles. The molecule has 2 rings (SSSR count). The number of nitrogens with two attached hydrogens (primary N) is 1. The average molecular weight is 298 g/mol. The lowest BCUT2D eigenvalue weighted by Gasteiger charge is -2.09. The minimum Gasteiger partial charge on any atom is -0.472 e. The molecule has 1 heterocycles. The Labute approximate surface area is 122 Å². The lowest BCUT2D eigenvalue weighted by Crippen LogP contribution is -2.13. The quantitative estimate of drug-likeness (QED) is 0.673. The Morgan fingerprint density at radius 2 is 2.11 bits per heavy atom. The first-order chi connectivity index (χ1) is 8.66. The number of nitrogens with one attached hydrogen (secondary N) is 1. The predicted molar refractivity (Wildman–Crippen MR) is 78.3 cm³/mol. The Morgan fingerprint density at radius 1 is 1.32 bits per heavy atom. The van der Waals surface area contributed by atoms with Crippen LogP contribution in [0.3, 0.4) is 0 Å². The molecule has 0 radical (unpaired) electrons. The maximum absolute atomic E-state index is 7.43. The molecule has 0 saturated carbocycles. The van der Waals surface area contributed by atoms with Gasteiger partial charge < -0.3 is 10.5 Å². The van der Waals surface area contributed by atoms with Crippen molar-refractivity contribution >= 4 is 29.8 Å². The van der Waals surface area contributed by atoms with Gasteiger partial charge in [-0.3, -0.25) is 5.41 Å². The van der Waals surface area contributed by atoms with Gasteiger partial charge in [0.25, 0.3) is 0 Å². The molecule has 0 spiro atoms. The lowest BCUT2D eigenvalue weighted by atomic mass is 10.2. The fourth-order valence-corrected chi connectivity index (χ4v) is 1.70. The fraction of sp³-hybridized carbons (Fsp3) is 0.0769. The Hall–Kier alpha value is -1.78. The Kier molecular flexibility index (Phi) is 5.60. The van der Waals surface area contributed by atoms with Gasteiger partial charge in [0.1, 0.15) is 12.4 Å². The summed E-state index contributed by atoms with van der Waals surface area (Å²) in [6.07, 6.45) is 1.60. The van der Waals surface area contributed by atoms with Gasteiger partial charge in [0, 0.05) is 11.2 Å². The summed E-state index contributed by atoms with van der Waals surface area (Å²) in [6, 6.07) is 10.8. The molecule has 100 valence electrons. The molecule has 6 heteroatoms. The second-order valence-corrected chi connectivity index (χ2v) is 4.12. The van der Waals surface area contributed by atoms with E-state index in [2.05, 4.69) is 4.98 Å². The highest BCUT2D eigenvalue weighted by molar-refractivity contribution is 6.30. The first-order valence-corrected chi connectivity index (χ1v) is 5.71. The van der Waals surface area contributed by atoms with Gasteiger partial charge in [0.05, 0.1) is 5.56 Å². The molecule has 4 nitrogen and oxygen atoms in total. The summed E-state index contributed by atoms with van der Waals surface area (Å²) in [5.74, 6) is 0.286. The van der Waals surface area contributed by atoms with Crippen molar-refractivity contribution in [3.63, 3.8) is 0 Å². The molecule has 0 aliphatic rings. The van der Waals surface area contributed by atoms with Crippen LogP contribution in [0.25, 0.3) is 0 Å². The zero-order valence-electron chi connectivity index (χ0n) is 9.97. The highest BCUT2D eigenvalue weighted by Crippen LogP contribution is 2.16. The normalized spacial score (nSPS) is 9.53. The van der Waals surface area contributed by atoms with Crippen LogP contribution < -0.4 is 10.5 Å². The molecule has 0 saturated heterocycles. The van der Waals surface area contributed by atoms with Crippen LogP contribution in [0.2, 0.25) is 5.02 Å². The molecule has 0 unspecified atom stereocenters. The van der Waals surface area contributed by atoms with E-state index in [-0.39, 0.29) is 18.2 Å². The molecule has 2 aromatic rings. The molecular formula is C13H13Cl2N3O. The second-order valence-electron chi connectivity index (χ2n) is 3.69. The minimum atomic E-state index is -0.0656. The van der Waals surface area contributed by atoms with Crippen LogP contribution >= 0.6 is 24.0 Å². The van der Waals surface area contributed by atoms with Gasteiger partial charge in [-0.1, -0.05) is 23.7 Å². The van der Waals surface area contributed by atoms with Gasteiger partial charge in [-0.05, 0) is 29.8 Å². The smallest absolute Gasteiger partial charge is 0.224 e. The number of nitrogens with zero attached hydrogens (tertiary/aromatic N) is 1. The summed E-state index contributed by atoms with van der Waals surface area (Å²) in [5, 5.41) is 8.09. The van der Waals surface area contributed by atoms with E-state index in [0.717, 1.165) is 5.56 Å². The Bertz CT molecular complexity index is 575. The second kappa shape index (κ2) is 6.97. The average Bonchev–Trinajstić information content (AvgIpc) is 2.37. The van der Waals surface area contributed by atoms with E-state index in [9.17, 15) is 0 Å². The van der Waals surface area contributed by atoms with Crippen LogP contribution in [-0.4, -0.2) is 10.8 Å². The first-order valence-electron chi connectivity index (χ1n) is 5.33. The van der Waals surface area contributed by atoms with E-state index in [1.807, 2.05) is 18.2 Å². The minimum absolute atomic E-state index is 0. The summed E-state index contributed by atoms with van der Waals surface area (Å²) < 4.78 is 5.55. The Morgan fingerprint density at radius 3 is 2.79 bits per heavy atom. The molecule has 19 heavy (non-hydrogen) atoms. The van der Waals surface area contributed by atoms with Crippen molar-refractivity contribution in [2.24, 2.45) is 5.73 Å². The highest BCUT2D eigenvalue weighted by atomic mass is 35.5. The van der Waals surface area contributed by atoms with Gasteiger partial charge in [-0.15, -0.1) is 12.4 Å². The molecule has 1 aromatic carbocycles. The number of pyridine rings is 1. The third-order valence-corrected chi connectivity index (χ3v) is 2.56. The first kappa shape index (κ1) is 15.3. The van der Waals surface area contributed by atoms with Gasteiger partial charge >= 0.3 is 0 Å². The van der Waals surface area contributed by atoms with E-state index in [4.69, 9.17) is 27.5 Å². The molecular weight excluding hydrogens is 285 g/mol. The van der Waals surface area contributed by atoms with Crippen molar-refractivity contribution in [3.8, 4) is 5.88 Å². The number of amidine groups is 1. The third kappa shape index (κ3) is 4.12. The van der Waals surface area contributed by atoms with Crippen molar-refractivity contribution in [3.05, 3.63) is 58.7 Å². The van der Waals surface area contributed by atoms with Crippen LogP contribution in [0.1, 0.15) is 11.1 Å². The molecule has 0 aliphatic carbocycles. The van der Waals surface area contributed by atoms with Crippen molar-refractivity contribution < 1.29 is 4.74 Å². The van der Waals surface area contributed by atoms with Crippen LogP contribution in [0.15, 0.2) is 42.6 Å². The summed E-state index contributed by atoms with van der Waals surface area (Å²) in [6.45, 7) is 0.331. The van der Waals surface area contributed by atoms with E-state index in [1.165, 1.54) is 0 Å². The molecule has 0 aliphatic heterocycles. The van der Waals surface area contributed by atoms with Crippen molar-refractivity contribution in [2.75, 3.05) is 0 Å². The summed E-state index contributed by atoms with van der Waals surface area (Å²) in [5.41, 5.74) is 6.87. The van der Waals surface area contributed by atoms with Crippen LogP contribution in [-0.2, 0) is 6.61 Å². The van der Waals surface area contributed by atoms with Crippen LogP contribution in [0.5, 0.6) is 5.88 Å². The highest BCUT2D eigenvalue weighted by Gasteiger charge is 2.07. The van der Waals surface area contributed by atoms with Gasteiger partial charge in [0.2, 0.25) is 5.88 Å². The van der Waals surface area contributed by atoms with E-state index in [1.54, 1.807) is 24.4 Å². The number of aromatic nitrogens is 1. The molecule has 0 bridgehead atoms. The number of hydrogen-bond acceptors (Lipinski definition) is 3. The molecule has 3 N–H and O–H groups in total. The molecule has 0 fully saturated rings. The van der Waals surface area contributed by atoms with Crippen molar-refractivity contribution in [2.45, 2.75) is 6.61 Å². The zero-order chi connectivity index (χ0) is 13.0. The van der Waals surface area contributed by atoms with Gasteiger partial charge in [-0.25, -0.2) is 4.98 Å². The topological polar surface area (TPSA) is 72.0 Å². The number of nitrogen functional groups attached to an aromatic ring is 1. The number of halogens is 2. The Balaban J connectivity index is 0.00000180. The molecule has 0 amide bonds. The number of benzene rings is 1. The number of hydrogen-bond donors (Lipinski definition) is 2. The van der Waals surface area contributed by atoms with E-state index < -0.39 is 0 Å². The summed E-state index contributed by atoms with van der Waals surface area (Å²) in [7, 11) is 0. The summed E-state index contributed by atoms with van der Waals surface area (Å²) in [4.78, 5) is 4.06. The van der Waals surface area contributed by atoms with Gasteiger partial charge in [-0.2, -0.15) is 0 Å². The van der Waals surface area contributed by atoms with E-state index in [0.29, 0.717) is 23.1 Å². The molecule has 0 atom stereocenters. The van der Waals surface area contributed by atoms with Crippen molar-refractivity contribution in [1.82, 2.24) is 4.98 Å². The maximum atomic E-state index is 7.43. The maximum Gasteiger partial charge on any atom is 0.224 e. The fourth-order valence-electron chi connectivity index (χ4n) is 1.49. The SMILES string of the molecule is Cl.N=C(N)c1cccnc1OCc1cccc(Cl)c1. The lowest BCUT2D eigenvalue weighted by molar-refractivity contribution is 0.293. The van der Waals surface area contributed by atoms with Crippen molar-refractivity contribution in [1.29, 1.82) is 5.41 Å². The monoisotopic (exact) mass is 297 g/mol. The predicted octanol–water partition coefficient (Wildman–Crippen LogP) is 3.02. The summed E-state index contributed by atoms with van der Waals surface area (Å²) >= 11 is 5.88. The number of ether oxygens (including phenoxy) is 1. The number of rotatable bonds is 4. The third-order valence-electron chi connectivity index (χ3n) is 2.33. The largest absolute Gasteiger partial charge is 0.472 e.